The van der Waals surface area contributed by atoms with Crippen LogP contribution in [0.3, 0.4) is 0 Å². The van der Waals surface area contributed by atoms with Crippen molar-refractivity contribution in [2.75, 3.05) is 0 Å². The van der Waals surface area contributed by atoms with E-state index >= 15 is 0 Å². The van der Waals surface area contributed by atoms with Crippen LogP contribution in [-0.4, -0.2) is 14.5 Å². The summed E-state index contributed by atoms with van der Waals surface area (Å²) < 4.78 is 2.31. The molecule has 2 aromatic heterocycles. The van der Waals surface area contributed by atoms with Crippen LogP contribution in [0.2, 0.25) is 0 Å². The highest BCUT2D eigenvalue weighted by atomic mass is 15.0. The molecule has 2 aromatic carbocycles. The van der Waals surface area contributed by atoms with Crippen molar-refractivity contribution < 1.29 is 0 Å². The molecule has 0 saturated heterocycles. The molecule has 0 aliphatic rings. The van der Waals surface area contributed by atoms with E-state index in [0.29, 0.717) is 0 Å². The van der Waals surface area contributed by atoms with Crippen LogP contribution in [0, 0.1) is 6.92 Å². The van der Waals surface area contributed by atoms with Gasteiger partial charge in [0.25, 0.3) is 0 Å². The normalized spacial score (nSPS) is 11.4. The summed E-state index contributed by atoms with van der Waals surface area (Å²) in [4.78, 5) is 9.47. The maximum Gasteiger partial charge on any atom is 0.126 e. The van der Waals surface area contributed by atoms with Crippen LogP contribution in [0.5, 0.6) is 0 Å². The van der Waals surface area contributed by atoms with E-state index in [0.717, 1.165) is 34.7 Å². The van der Waals surface area contributed by atoms with E-state index < -0.39 is 0 Å². The fourth-order valence-corrected chi connectivity index (χ4v) is 3.17. The zero-order valence-corrected chi connectivity index (χ0v) is 12.7. The second-order valence-electron chi connectivity index (χ2n) is 5.44. The summed E-state index contributed by atoms with van der Waals surface area (Å²) in [5, 5.41) is 1.20. The van der Waals surface area contributed by atoms with Gasteiger partial charge in [0.2, 0.25) is 0 Å². The summed E-state index contributed by atoms with van der Waals surface area (Å²) in [5.74, 6) is 0.811. The molecule has 0 spiro atoms. The van der Waals surface area contributed by atoms with E-state index in [1.165, 1.54) is 10.9 Å². The minimum absolute atomic E-state index is 0.811. The molecule has 0 radical (unpaired) electrons. The molecule has 0 atom stereocenters. The van der Waals surface area contributed by atoms with Gasteiger partial charge in [-0.2, -0.15) is 0 Å². The third-order valence-electron chi connectivity index (χ3n) is 4.08. The van der Waals surface area contributed by atoms with Crippen molar-refractivity contribution in [2.24, 2.45) is 0 Å². The fourth-order valence-electron chi connectivity index (χ4n) is 3.17. The Morgan fingerprint density at radius 3 is 2.41 bits per heavy atom. The molecule has 22 heavy (non-hydrogen) atoms. The second-order valence-corrected chi connectivity index (χ2v) is 5.44. The standard InChI is InChI=1S/C19H17N3/c1-3-22-16-12-8-7-11-15(16)18-19(22)17(20-13(2)21-18)14-9-5-4-6-10-14/h4-12H,3H2,1-2H3. The van der Waals surface area contributed by atoms with Crippen LogP contribution in [0.15, 0.2) is 54.6 Å². The zero-order chi connectivity index (χ0) is 15.1. The number of hydrogen-bond acceptors (Lipinski definition) is 2. The van der Waals surface area contributed by atoms with Crippen molar-refractivity contribution in [3.63, 3.8) is 0 Å². The van der Waals surface area contributed by atoms with Crippen molar-refractivity contribution in [3.05, 3.63) is 60.4 Å². The number of nitrogens with zero attached hydrogens (tertiary/aromatic N) is 3. The van der Waals surface area contributed by atoms with Gasteiger partial charge in [-0.3, -0.25) is 0 Å². The number of hydrogen-bond donors (Lipinski definition) is 0. The number of rotatable bonds is 2. The van der Waals surface area contributed by atoms with Crippen LogP contribution in [0.1, 0.15) is 12.7 Å². The molecule has 3 nitrogen and oxygen atoms in total. The van der Waals surface area contributed by atoms with Crippen molar-refractivity contribution in [1.29, 1.82) is 0 Å². The van der Waals surface area contributed by atoms with Gasteiger partial charge < -0.3 is 4.57 Å². The summed E-state index contributed by atoms with van der Waals surface area (Å²) in [6.07, 6.45) is 0. The molecule has 0 fully saturated rings. The summed E-state index contributed by atoms with van der Waals surface area (Å²) in [5.41, 5.74) is 5.54. The van der Waals surface area contributed by atoms with Gasteiger partial charge in [-0.1, -0.05) is 48.5 Å². The average molecular weight is 287 g/mol. The molecule has 108 valence electrons. The van der Waals surface area contributed by atoms with Crippen LogP contribution in [0.4, 0.5) is 0 Å². The molecule has 0 unspecified atom stereocenters. The van der Waals surface area contributed by atoms with Gasteiger partial charge in [0, 0.05) is 17.5 Å². The third-order valence-corrected chi connectivity index (χ3v) is 4.08. The van der Waals surface area contributed by atoms with E-state index in [2.05, 4.69) is 60.0 Å². The van der Waals surface area contributed by atoms with Gasteiger partial charge in [-0.05, 0) is 19.9 Å². The topological polar surface area (TPSA) is 30.7 Å². The molecule has 2 heterocycles. The van der Waals surface area contributed by atoms with Gasteiger partial charge in [0.1, 0.15) is 11.3 Å². The Bertz CT molecular complexity index is 968. The molecule has 0 N–H and O–H groups in total. The van der Waals surface area contributed by atoms with E-state index in [4.69, 9.17) is 9.97 Å². The minimum atomic E-state index is 0.811. The molecule has 4 rings (SSSR count). The third kappa shape index (κ3) is 1.82. The largest absolute Gasteiger partial charge is 0.338 e. The highest BCUT2D eigenvalue weighted by molar-refractivity contribution is 6.09. The Morgan fingerprint density at radius 2 is 1.64 bits per heavy atom. The Hall–Kier alpha value is -2.68. The van der Waals surface area contributed by atoms with Gasteiger partial charge in [0.05, 0.1) is 16.7 Å². The lowest BCUT2D eigenvalue weighted by Gasteiger charge is -2.08. The highest BCUT2D eigenvalue weighted by Crippen LogP contribution is 2.33. The lowest BCUT2D eigenvalue weighted by Crippen LogP contribution is -1.99. The zero-order valence-electron chi connectivity index (χ0n) is 12.7. The molecule has 0 aliphatic carbocycles. The Kier molecular flexibility index (Phi) is 2.93. The first-order chi connectivity index (χ1) is 10.8. The molecule has 0 saturated carbocycles. The molecule has 4 aromatic rings. The van der Waals surface area contributed by atoms with Gasteiger partial charge in [0.15, 0.2) is 0 Å². The Balaban J connectivity index is 2.22. The number of aryl methyl sites for hydroxylation is 2. The van der Waals surface area contributed by atoms with Gasteiger partial charge in [-0.15, -0.1) is 0 Å². The monoisotopic (exact) mass is 287 g/mol. The van der Waals surface area contributed by atoms with Gasteiger partial charge >= 0.3 is 0 Å². The number of para-hydroxylation sites is 1. The maximum atomic E-state index is 4.74. The van der Waals surface area contributed by atoms with E-state index in [9.17, 15) is 0 Å². The summed E-state index contributed by atoms with van der Waals surface area (Å²) >= 11 is 0. The number of fused-ring (bicyclic) bond motifs is 3. The first-order valence-electron chi connectivity index (χ1n) is 7.60. The second kappa shape index (κ2) is 4.95. The predicted octanol–water partition coefficient (Wildman–Crippen LogP) is 4.58. The smallest absolute Gasteiger partial charge is 0.126 e. The number of aromatic nitrogens is 3. The molecular formula is C19H17N3. The Morgan fingerprint density at radius 1 is 0.909 bits per heavy atom. The molecule has 3 heteroatoms. The lowest BCUT2D eigenvalue weighted by molar-refractivity contribution is 0.824. The van der Waals surface area contributed by atoms with Crippen LogP contribution >= 0.6 is 0 Å². The van der Waals surface area contributed by atoms with E-state index in [1.807, 2.05) is 13.0 Å². The summed E-state index contributed by atoms with van der Waals surface area (Å²) in [6.45, 7) is 5.03. The summed E-state index contributed by atoms with van der Waals surface area (Å²) in [7, 11) is 0. The first-order valence-corrected chi connectivity index (χ1v) is 7.60. The van der Waals surface area contributed by atoms with Crippen molar-refractivity contribution in [3.8, 4) is 11.3 Å². The average Bonchev–Trinajstić information content (AvgIpc) is 2.88. The maximum absolute atomic E-state index is 4.74. The highest BCUT2D eigenvalue weighted by Gasteiger charge is 2.16. The molecular weight excluding hydrogens is 270 g/mol. The van der Waals surface area contributed by atoms with Crippen LogP contribution < -0.4 is 0 Å². The fraction of sp³-hybridized carbons (Fsp3) is 0.158. The van der Waals surface area contributed by atoms with E-state index in [-0.39, 0.29) is 0 Å². The quantitative estimate of drug-likeness (QED) is 0.540. The Labute approximate surface area is 129 Å². The molecule has 0 amide bonds. The summed E-state index contributed by atoms with van der Waals surface area (Å²) in [6, 6.07) is 18.8. The van der Waals surface area contributed by atoms with Crippen LogP contribution in [0.25, 0.3) is 33.2 Å². The predicted molar refractivity (Wildman–Crippen MR) is 90.9 cm³/mol. The van der Waals surface area contributed by atoms with Crippen LogP contribution in [-0.2, 0) is 6.54 Å². The molecule has 0 aliphatic heterocycles. The lowest BCUT2D eigenvalue weighted by atomic mass is 10.1. The van der Waals surface area contributed by atoms with E-state index in [1.54, 1.807) is 0 Å². The van der Waals surface area contributed by atoms with Crippen molar-refractivity contribution >= 4 is 21.9 Å². The van der Waals surface area contributed by atoms with Gasteiger partial charge in [-0.25, -0.2) is 9.97 Å². The van der Waals surface area contributed by atoms with Crippen molar-refractivity contribution in [2.45, 2.75) is 20.4 Å². The van der Waals surface area contributed by atoms with Crippen molar-refractivity contribution in [1.82, 2.24) is 14.5 Å². The molecule has 0 bridgehead atoms. The first kappa shape index (κ1) is 13.0. The SMILES string of the molecule is CCn1c2ccccc2c2nc(C)nc(-c3ccccc3)c21. The number of benzene rings is 2. The minimum Gasteiger partial charge on any atom is -0.338 e.